The Morgan fingerprint density at radius 3 is 3.00 bits per heavy atom. The minimum Gasteiger partial charge on any atom is -0.283 e. The van der Waals surface area contributed by atoms with Crippen LogP contribution >= 0.6 is 0 Å². The number of sulfonamides is 1. The number of anilines is 1. The van der Waals surface area contributed by atoms with Gasteiger partial charge in [0.1, 0.15) is 0 Å². The molecule has 0 aromatic carbocycles. The first-order valence-electron chi connectivity index (χ1n) is 4.54. The van der Waals surface area contributed by atoms with E-state index in [0.29, 0.717) is 5.69 Å². The van der Waals surface area contributed by atoms with Crippen LogP contribution in [0.4, 0.5) is 5.69 Å². The Morgan fingerprint density at radius 2 is 2.27 bits per heavy atom. The number of rotatable bonds is 3. The SMILES string of the molecule is CCS(=O)(=O)Nc1ccn2nccc2c1. The highest BCUT2D eigenvalue weighted by Crippen LogP contribution is 2.12. The largest absolute Gasteiger partial charge is 0.283 e. The van der Waals surface area contributed by atoms with Gasteiger partial charge in [0.15, 0.2) is 0 Å². The molecule has 15 heavy (non-hydrogen) atoms. The van der Waals surface area contributed by atoms with Crippen LogP contribution in [0.1, 0.15) is 6.92 Å². The van der Waals surface area contributed by atoms with Crippen LogP contribution in [0.3, 0.4) is 0 Å². The number of fused-ring (bicyclic) bond motifs is 1. The van der Waals surface area contributed by atoms with Crippen molar-refractivity contribution in [3.63, 3.8) is 0 Å². The number of nitrogens with one attached hydrogen (secondary N) is 1. The Morgan fingerprint density at radius 1 is 1.47 bits per heavy atom. The van der Waals surface area contributed by atoms with Gasteiger partial charge in [0.05, 0.1) is 17.0 Å². The van der Waals surface area contributed by atoms with Crippen molar-refractivity contribution in [2.75, 3.05) is 10.5 Å². The van der Waals surface area contributed by atoms with E-state index in [0.717, 1.165) is 5.52 Å². The lowest BCUT2D eigenvalue weighted by molar-refractivity contribution is 0.602. The highest BCUT2D eigenvalue weighted by Gasteiger charge is 2.06. The van der Waals surface area contributed by atoms with Crippen LogP contribution in [0, 0.1) is 0 Å². The van der Waals surface area contributed by atoms with Crippen LogP contribution < -0.4 is 4.72 Å². The van der Waals surface area contributed by atoms with Crippen LogP contribution in [0.15, 0.2) is 30.6 Å². The molecule has 0 bridgehead atoms. The molecule has 2 rings (SSSR count). The Hall–Kier alpha value is -1.56. The molecule has 0 aliphatic heterocycles. The quantitative estimate of drug-likeness (QED) is 0.850. The maximum Gasteiger partial charge on any atom is 0.232 e. The van der Waals surface area contributed by atoms with Crippen LogP contribution in [0.2, 0.25) is 0 Å². The summed E-state index contributed by atoms with van der Waals surface area (Å²) in [6, 6.07) is 5.22. The fraction of sp³-hybridized carbons (Fsp3) is 0.222. The molecule has 0 atom stereocenters. The number of pyridine rings is 1. The zero-order valence-corrected chi connectivity index (χ0v) is 9.03. The Bertz CT molecular complexity index is 574. The van der Waals surface area contributed by atoms with Crippen molar-refractivity contribution in [2.24, 2.45) is 0 Å². The molecule has 0 fully saturated rings. The third kappa shape index (κ3) is 2.10. The maximum atomic E-state index is 11.3. The average Bonchev–Trinajstić information content (AvgIpc) is 2.64. The van der Waals surface area contributed by atoms with Crippen molar-refractivity contribution in [3.05, 3.63) is 30.6 Å². The fourth-order valence-corrected chi connectivity index (χ4v) is 1.87. The van der Waals surface area contributed by atoms with E-state index in [1.54, 1.807) is 36.0 Å². The Kier molecular flexibility index (Phi) is 2.36. The van der Waals surface area contributed by atoms with Gasteiger partial charge < -0.3 is 0 Å². The van der Waals surface area contributed by atoms with Gasteiger partial charge in [0, 0.05) is 12.4 Å². The smallest absolute Gasteiger partial charge is 0.232 e. The monoisotopic (exact) mass is 225 g/mol. The number of hydrogen-bond acceptors (Lipinski definition) is 3. The summed E-state index contributed by atoms with van der Waals surface area (Å²) >= 11 is 0. The number of aromatic nitrogens is 2. The molecule has 0 radical (unpaired) electrons. The second-order valence-corrected chi connectivity index (χ2v) is 5.13. The van der Waals surface area contributed by atoms with Crippen molar-refractivity contribution >= 4 is 21.2 Å². The van der Waals surface area contributed by atoms with Crippen LogP contribution in [-0.4, -0.2) is 23.8 Å². The second kappa shape index (κ2) is 3.54. The normalized spacial score (nSPS) is 11.8. The standard InChI is InChI=1S/C9H11N3O2S/c1-2-15(13,14)11-8-4-6-12-9(7-8)3-5-10-12/h3-7,11H,2H2,1H3. The van der Waals surface area contributed by atoms with Crippen LogP contribution in [-0.2, 0) is 10.0 Å². The molecule has 1 N–H and O–H groups in total. The molecule has 2 aromatic rings. The third-order valence-electron chi connectivity index (χ3n) is 2.05. The molecule has 0 unspecified atom stereocenters. The molecule has 5 nitrogen and oxygen atoms in total. The van der Waals surface area contributed by atoms with E-state index in [-0.39, 0.29) is 5.75 Å². The summed E-state index contributed by atoms with van der Waals surface area (Å²) in [5, 5.41) is 4.02. The van der Waals surface area contributed by atoms with Gasteiger partial charge in [0.2, 0.25) is 10.0 Å². The Labute approximate surface area is 87.8 Å². The molecule has 0 amide bonds. The summed E-state index contributed by atoms with van der Waals surface area (Å²) in [5.74, 6) is 0.0669. The molecular weight excluding hydrogens is 214 g/mol. The summed E-state index contributed by atoms with van der Waals surface area (Å²) in [6.45, 7) is 1.60. The van der Waals surface area contributed by atoms with E-state index in [4.69, 9.17) is 0 Å². The molecule has 0 aliphatic carbocycles. The van der Waals surface area contributed by atoms with Crippen molar-refractivity contribution < 1.29 is 8.42 Å². The number of hydrogen-bond donors (Lipinski definition) is 1. The van der Waals surface area contributed by atoms with E-state index in [9.17, 15) is 8.42 Å². The van der Waals surface area contributed by atoms with Gasteiger partial charge in [-0.3, -0.25) is 4.72 Å². The summed E-state index contributed by atoms with van der Waals surface area (Å²) in [4.78, 5) is 0. The first kappa shape index (κ1) is 9.97. The van der Waals surface area contributed by atoms with E-state index < -0.39 is 10.0 Å². The zero-order chi connectivity index (χ0) is 10.9. The topological polar surface area (TPSA) is 63.5 Å². The first-order chi connectivity index (χ1) is 7.11. The molecule has 2 heterocycles. The predicted octanol–water partition coefficient (Wildman–Crippen LogP) is 1.10. The van der Waals surface area contributed by atoms with Gasteiger partial charge in [-0.1, -0.05) is 0 Å². The molecule has 6 heteroatoms. The maximum absolute atomic E-state index is 11.3. The van der Waals surface area contributed by atoms with Crippen molar-refractivity contribution in [1.82, 2.24) is 9.61 Å². The average molecular weight is 225 g/mol. The van der Waals surface area contributed by atoms with E-state index in [2.05, 4.69) is 9.82 Å². The third-order valence-corrected chi connectivity index (χ3v) is 3.36. The summed E-state index contributed by atoms with van der Waals surface area (Å²) in [5.41, 5.74) is 1.41. The summed E-state index contributed by atoms with van der Waals surface area (Å²) in [7, 11) is -3.20. The fourth-order valence-electron chi connectivity index (χ4n) is 1.24. The zero-order valence-electron chi connectivity index (χ0n) is 8.21. The van der Waals surface area contributed by atoms with Gasteiger partial charge >= 0.3 is 0 Å². The number of nitrogens with zero attached hydrogens (tertiary/aromatic N) is 2. The lowest BCUT2D eigenvalue weighted by Crippen LogP contribution is -2.14. The second-order valence-electron chi connectivity index (χ2n) is 3.12. The summed E-state index contributed by atoms with van der Waals surface area (Å²) < 4.78 is 26.8. The minimum atomic E-state index is -3.20. The first-order valence-corrected chi connectivity index (χ1v) is 6.20. The molecule has 0 saturated carbocycles. The molecule has 80 valence electrons. The molecule has 2 aromatic heterocycles. The van der Waals surface area contributed by atoms with Gasteiger partial charge in [-0.25, -0.2) is 12.9 Å². The van der Waals surface area contributed by atoms with Gasteiger partial charge in [-0.15, -0.1) is 0 Å². The van der Waals surface area contributed by atoms with Crippen LogP contribution in [0.5, 0.6) is 0 Å². The van der Waals surface area contributed by atoms with Crippen LogP contribution in [0.25, 0.3) is 5.52 Å². The van der Waals surface area contributed by atoms with Crippen molar-refractivity contribution in [1.29, 1.82) is 0 Å². The molecular formula is C9H11N3O2S. The van der Waals surface area contributed by atoms with Gasteiger partial charge in [0.25, 0.3) is 0 Å². The van der Waals surface area contributed by atoms with E-state index in [1.165, 1.54) is 0 Å². The molecule has 0 saturated heterocycles. The lowest BCUT2D eigenvalue weighted by Gasteiger charge is -2.05. The van der Waals surface area contributed by atoms with E-state index >= 15 is 0 Å². The van der Waals surface area contributed by atoms with Gasteiger partial charge in [-0.05, 0) is 25.1 Å². The molecule has 0 aliphatic rings. The lowest BCUT2D eigenvalue weighted by atomic mass is 10.4. The van der Waals surface area contributed by atoms with E-state index in [1.807, 2.05) is 6.07 Å². The Balaban J connectivity index is 2.37. The van der Waals surface area contributed by atoms with Gasteiger partial charge in [-0.2, -0.15) is 5.10 Å². The highest BCUT2D eigenvalue weighted by molar-refractivity contribution is 7.92. The van der Waals surface area contributed by atoms with Crippen molar-refractivity contribution in [3.8, 4) is 0 Å². The summed E-state index contributed by atoms with van der Waals surface area (Å²) in [6.07, 6.45) is 3.37. The van der Waals surface area contributed by atoms with Crippen molar-refractivity contribution in [2.45, 2.75) is 6.92 Å². The minimum absolute atomic E-state index is 0.0669. The predicted molar refractivity (Wildman–Crippen MR) is 58.3 cm³/mol. The highest BCUT2D eigenvalue weighted by atomic mass is 32.2. The molecule has 0 spiro atoms.